The number of sulfonamides is 1. The smallest absolute Gasteiger partial charge is 0.321 e. The fourth-order valence-electron chi connectivity index (χ4n) is 1.46. The van der Waals surface area contributed by atoms with Gasteiger partial charge in [0.2, 0.25) is 5.91 Å². The molecule has 1 heterocycles. The Morgan fingerprint density at radius 3 is 2.55 bits per heavy atom. The van der Waals surface area contributed by atoms with Crippen LogP contribution in [0.4, 0.5) is 0 Å². The minimum absolute atomic E-state index is 0.0553. The van der Waals surface area contributed by atoms with Crippen LogP contribution < -0.4 is 10.5 Å². The van der Waals surface area contributed by atoms with E-state index in [1.165, 1.54) is 6.07 Å². The number of carbonyl (C=O) groups excluding carboxylic acids is 1. The number of carboxylic acid groups (broad SMARTS) is 1. The van der Waals surface area contributed by atoms with Gasteiger partial charge in [-0.05, 0) is 25.0 Å². The number of carboxylic acids is 1. The zero-order valence-electron chi connectivity index (χ0n) is 10.8. The topological polar surface area (TPSA) is 127 Å². The summed E-state index contributed by atoms with van der Waals surface area (Å²) in [5.74, 6) is -2.03. The number of aliphatic carboxylic acids is 1. The second kappa shape index (κ2) is 6.82. The average Bonchev–Trinajstić information content (AvgIpc) is 2.83. The van der Waals surface area contributed by atoms with Crippen LogP contribution in [0, 0.1) is 0 Å². The van der Waals surface area contributed by atoms with Crippen LogP contribution in [0.5, 0.6) is 0 Å². The predicted octanol–water partition coefficient (Wildman–Crippen LogP) is 0.308. The lowest BCUT2D eigenvalue weighted by molar-refractivity contribution is -0.139. The summed E-state index contributed by atoms with van der Waals surface area (Å²) < 4.78 is 26.2. The SMILES string of the molecule is CCc1ccc(S(=O)(=O)N[C@@H](CCC(N)=O)C(=O)O)s1. The van der Waals surface area contributed by atoms with Gasteiger partial charge in [-0.3, -0.25) is 9.59 Å². The first-order chi connectivity index (χ1) is 9.26. The lowest BCUT2D eigenvalue weighted by Gasteiger charge is -2.13. The Bertz CT molecular complexity index is 594. The highest BCUT2D eigenvalue weighted by atomic mass is 32.2. The first-order valence-electron chi connectivity index (χ1n) is 5.88. The van der Waals surface area contributed by atoms with E-state index in [4.69, 9.17) is 10.8 Å². The summed E-state index contributed by atoms with van der Waals surface area (Å²) in [6, 6.07) is 1.73. The van der Waals surface area contributed by atoms with Gasteiger partial charge in [0.15, 0.2) is 0 Å². The molecule has 0 aliphatic carbocycles. The predicted molar refractivity (Wildman–Crippen MR) is 73.9 cm³/mol. The molecule has 1 aromatic rings. The van der Waals surface area contributed by atoms with E-state index in [0.29, 0.717) is 6.42 Å². The molecule has 112 valence electrons. The summed E-state index contributed by atoms with van der Waals surface area (Å²) in [6.45, 7) is 1.89. The molecule has 20 heavy (non-hydrogen) atoms. The molecule has 0 radical (unpaired) electrons. The molecule has 0 aliphatic rings. The van der Waals surface area contributed by atoms with Crippen molar-refractivity contribution in [1.29, 1.82) is 0 Å². The maximum Gasteiger partial charge on any atom is 0.321 e. The number of primary amides is 1. The van der Waals surface area contributed by atoms with Crippen LogP contribution in [0.3, 0.4) is 0 Å². The third-order valence-electron chi connectivity index (χ3n) is 2.53. The van der Waals surface area contributed by atoms with E-state index in [1.807, 2.05) is 6.92 Å². The summed E-state index contributed by atoms with van der Waals surface area (Å²) >= 11 is 1.08. The molecule has 4 N–H and O–H groups in total. The molecule has 0 unspecified atom stereocenters. The van der Waals surface area contributed by atoms with Crippen molar-refractivity contribution >= 4 is 33.2 Å². The molecule has 0 aromatic carbocycles. The summed E-state index contributed by atoms with van der Waals surface area (Å²) in [5, 5.41) is 8.97. The van der Waals surface area contributed by atoms with Crippen molar-refractivity contribution in [2.45, 2.75) is 36.4 Å². The first kappa shape index (κ1) is 16.6. The fourth-order valence-corrected chi connectivity index (χ4v) is 3.99. The molecule has 1 atom stereocenters. The Morgan fingerprint density at radius 2 is 2.10 bits per heavy atom. The van der Waals surface area contributed by atoms with E-state index in [1.54, 1.807) is 6.07 Å². The number of amides is 1. The highest BCUT2D eigenvalue weighted by Gasteiger charge is 2.26. The normalized spacial score (nSPS) is 13.1. The number of nitrogens with two attached hydrogens (primary N) is 1. The van der Waals surface area contributed by atoms with Crippen molar-refractivity contribution < 1.29 is 23.1 Å². The Kier molecular flexibility index (Phi) is 5.66. The Labute approximate surface area is 120 Å². The molecule has 0 spiro atoms. The van der Waals surface area contributed by atoms with Gasteiger partial charge in [-0.1, -0.05) is 6.92 Å². The lowest BCUT2D eigenvalue weighted by Crippen LogP contribution is -2.41. The second-order valence-corrected chi connectivity index (χ2v) is 7.20. The van der Waals surface area contributed by atoms with Crippen LogP contribution in [-0.2, 0) is 26.0 Å². The van der Waals surface area contributed by atoms with Crippen molar-refractivity contribution in [3.8, 4) is 0 Å². The first-order valence-corrected chi connectivity index (χ1v) is 8.18. The molecule has 0 bridgehead atoms. The van der Waals surface area contributed by atoms with Crippen LogP contribution in [-0.4, -0.2) is 31.4 Å². The van der Waals surface area contributed by atoms with Gasteiger partial charge in [0.1, 0.15) is 10.3 Å². The summed E-state index contributed by atoms with van der Waals surface area (Å²) in [7, 11) is -3.91. The fraction of sp³-hybridized carbons (Fsp3) is 0.455. The average molecular weight is 320 g/mol. The molecule has 0 saturated carbocycles. The van der Waals surface area contributed by atoms with Gasteiger partial charge in [-0.25, -0.2) is 8.42 Å². The molecule has 0 saturated heterocycles. The maximum atomic E-state index is 12.0. The Hall–Kier alpha value is -1.45. The van der Waals surface area contributed by atoms with Crippen LogP contribution in [0.1, 0.15) is 24.6 Å². The molecule has 7 nitrogen and oxygen atoms in total. The molecule has 0 fully saturated rings. The number of hydrogen-bond acceptors (Lipinski definition) is 5. The van der Waals surface area contributed by atoms with Gasteiger partial charge in [-0.2, -0.15) is 4.72 Å². The van der Waals surface area contributed by atoms with Gasteiger partial charge >= 0.3 is 5.97 Å². The van der Waals surface area contributed by atoms with Gasteiger partial charge in [0.05, 0.1) is 0 Å². The number of thiophene rings is 1. The van der Waals surface area contributed by atoms with Crippen molar-refractivity contribution in [1.82, 2.24) is 4.72 Å². The van der Waals surface area contributed by atoms with Crippen LogP contribution in [0.2, 0.25) is 0 Å². The maximum absolute atomic E-state index is 12.0. The summed E-state index contributed by atoms with van der Waals surface area (Å²) in [4.78, 5) is 22.5. The monoisotopic (exact) mass is 320 g/mol. The molecule has 1 amide bonds. The quantitative estimate of drug-likeness (QED) is 0.635. The third-order valence-corrected chi connectivity index (χ3v) is 5.72. The third kappa shape index (κ3) is 4.58. The highest BCUT2D eigenvalue weighted by molar-refractivity contribution is 7.91. The van der Waals surface area contributed by atoms with Crippen LogP contribution in [0.15, 0.2) is 16.3 Å². The van der Waals surface area contributed by atoms with E-state index in [-0.39, 0.29) is 17.1 Å². The van der Waals surface area contributed by atoms with Gasteiger partial charge in [0.25, 0.3) is 10.0 Å². The molecular formula is C11H16N2O5S2. The largest absolute Gasteiger partial charge is 0.480 e. The Morgan fingerprint density at radius 1 is 1.45 bits per heavy atom. The van der Waals surface area contributed by atoms with Crippen molar-refractivity contribution in [3.63, 3.8) is 0 Å². The minimum atomic E-state index is -3.91. The van der Waals surface area contributed by atoms with Gasteiger partial charge < -0.3 is 10.8 Å². The lowest BCUT2D eigenvalue weighted by atomic mass is 10.2. The number of hydrogen-bond donors (Lipinski definition) is 3. The second-order valence-electron chi connectivity index (χ2n) is 4.09. The van der Waals surface area contributed by atoms with E-state index < -0.39 is 27.9 Å². The zero-order chi connectivity index (χ0) is 15.3. The van der Waals surface area contributed by atoms with Crippen molar-refractivity contribution in [2.24, 2.45) is 5.73 Å². The molecule has 1 aromatic heterocycles. The molecule has 9 heteroatoms. The van der Waals surface area contributed by atoms with Crippen molar-refractivity contribution in [3.05, 3.63) is 17.0 Å². The number of carbonyl (C=O) groups is 2. The van der Waals surface area contributed by atoms with Gasteiger partial charge in [-0.15, -0.1) is 11.3 Å². The van der Waals surface area contributed by atoms with Crippen molar-refractivity contribution in [2.75, 3.05) is 0 Å². The summed E-state index contributed by atoms with van der Waals surface area (Å²) in [6.07, 6.45) is 0.310. The van der Waals surface area contributed by atoms with E-state index in [0.717, 1.165) is 16.2 Å². The Balaban J connectivity index is 2.85. The number of rotatable bonds is 8. The molecular weight excluding hydrogens is 304 g/mol. The van der Waals surface area contributed by atoms with E-state index in [9.17, 15) is 18.0 Å². The van der Waals surface area contributed by atoms with Gasteiger partial charge in [0, 0.05) is 11.3 Å². The zero-order valence-corrected chi connectivity index (χ0v) is 12.5. The molecule has 0 aliphatic heterocycles. The van der Waals surface area contributed by atoms with E-state index >= 15 is 0 Å². The van der Waals surface area contributed by atoms with Crippen LogP contribution in [0.25, 0.3) is 0 Å². The van der Waals surface area contributed by atoms with E-state index in [2.05, 4.69) is 4.72 Å². The summed E-state index contributed by atoms with van der Waals surface area (Å²) in [5.41, 5.74) is 4.93. The number of nitrogens with one attached hydrogen (secondary N) is 1. The van der Waals surface area contributed by atoms with Crippen LogP contribution >= 0.6 is 11.3 Å². The molecule has 1 rings (SSSR count). The minimum Gasteiger partial charge on any atom is -0.480 e. The standard InChI is InChI=1S/C11H16N2O5S2/c1-2-7-3-6-10(19-7)20(17,18)13-8(11(15)16)4-5-9(12)14/h3,6,8,13H,2,4-5H2,1H3,(H2,12,14)(H,15,16)/t8-/m0/s1. The highest BCUT2D eigenvalue weighted by Crippen LogP contribution is 2.22. The number of aryl methyl sites for hydroxylation is 1.